The zero-order chi connectivity index (χ0) is 24.0. The molecule has 1 saturated carbocycles. The molecule has 2 saturated heterocycles. The van der Waals surface area contributed by atoms with Gasteiger partial charge in [0.25, 0.3) is 0 Å². The summed E-state index contributed by atoms with van der Waals surface area (Å²) < 4.78 is 10.5. The number of fused-ring (bicyclic) bond motifs is 2. The highest BCUT2D eigenvalue weighted by Crippen LogP contribution is 2.53. The Labute approximate surface area is 196 Å². The van der Waals surface area contributed by atoms with E-state index in [-0.39, 0.29) is 60.6 Å². The van der Waals surface area contributed by atoms with Gasteiger partial charge in [-0.3, -0.25) is 19.3 Å². The van der Waals surface area contributed by atoms with E-state index in [1.807, 2.05) is 17.0 Å². The van der Waals surface area contributed by atoms with E-state index in [0.29, 0.717) is 17.9 Å². The third kappa shape index (κ3) is 4.27. The van der Waals surface area contributed by atoms with E-state index in [9.17, 15) is 14.4 Å². The summed E-state index contributed by atoms with van der Waals surface area (Å²) in [6.45, 7) is 7.98. The van der Waals surface area contributed by atoms with Crippen molar-refractivity contribution < 1.29 is 23.9 Å². The predicted molar refractivity (Wildman–Crippen MR) is 124 cm³/mol. The van der Waals surface area contributed by atoms with Gasteiger partial charge in [-0.15, -0.1) is 0 Å². The van der Waals surface area contributed by atoms with Crippen LogP contribution in [0.15, 0.2) is 24.3 Å². The molecule has 2 heterocycles. The second-order valence-corrected chi connectivity index (χ2v) is 11.2. The van der Waals surface area contributed by atoms with Crippen LogP contribution in [-0.2, 0) is 24.5 Å². The number of amides is 3. The average Bonchev–Trinajstić information content (AvgIpc) is 3.15. The van der Waals surface area contributed by atoms with E-state index in [0.717, 1.165) is 19.3 Å². The third-order valence-electron chi connectivity index (χ3n) is 7.74. The third-order valence-corrected chi connectivity index (χ3v) is 7.74. The topological polar surface area (TPSA) is 76.2 Å². The van der Waals surface area contributed by atoms with Gasteiger partial charge >= 0.3 is 0 Å². The Bertz CT molecular complexity index is 960. The lowest BCUT2D eigenvalue weighted by molar-refractivity contribution is -0.143. The van der Waals surface area contributed by atoms with Gasteiger partial charge in [-0.1, -0.05) is 32.9 Å². The molecule has 0 aromatic heterocycles. The number of benzene rings is 1. The second-order valence-electron chi connectivity index (χ2n) is 11.2. The number of nitrogens with zero attached hydrogens (tertiary/aromatic N) is 2. The minimum Gasteiger partial charge on any atom is -0.497 e. The molecule has 7 heteroatoms. The van der Waals surface area contributed by atoms with Gasteiger partial charge in [0.05, 0.1) is 25.7 Å². The molecule has 3 amide bonds. The van der Waals surface area contributed by atoms with Crippen LogP contribution in [-0.4, -0.2) is 67.5 Å². The number of methoxy groups -OCH3 is 2. The Morgan fingerprint density at radius 1 is 1.15 bits per heavy atom. The van der Waals surface area contributed by atoms with E-state index in [1.165, 1.54) is 12.0 Å². The van der Waals surface area contributed by atoms with Crippen molar-refractivity contribution in [3.63, 3.8) is 0 Å². The van der Waals surface area contributed by atoms with Crippen molar-refractivity contribution >= 4 is 17.7 Å². The highest BCUT2D eigenvalue weighted by atomic mass is 16.5. The molecule has 0 unspecified atom stereocenters. The smallest absolute Gasteiger partial charge is 0.240 e. The molecule has 0 radical (unpaired) electrons. The molecule has 2 aliphatic heterocycles. The number of hydrogen-bond acceptors (Lipinski definition) is 5. The van der Waals surface area contributed by atoms with Crippen molar-refractivity contribution in [1.29, 1.82) is 0 Å². The molecule has 0 N–H and O–H groups in total. The quantitative estimate of drug-likeness (QED) is 0.589. The number of carbonyl (C=O) groups excluding carboxylic acids is 3. The van der Waals surface area contributed by atoms with Crippen molar-refractivity contribution in [2.45, 2.75) is 64.3 Å². The lowest BCUT2D eigenvalue weighted by atomic mass is 9.65. The minimum absolute atomic E-state index is 0.0127. The first-order chi connectivity index (χ1) is 15.5. The van der Waals surface area contributed by atoms with Crippen LogP contribution < -0.4 is 4.74 Å². The molecular formula is C26H36N2O5. The SMILES string of the molecule is COCCN1C(=O)C[C@](CC(=O)N2C[C@@]3(C)C[C@@H]2CC(C)(C)C3)(c2cccc(OC)c2)C1=O. The van der Waals surface area contributed by atoms with Crippen LogP contribution in [0.25, 0.3) is 0 Å². The minimum atomic E-state index is -1.22. The van der Waals surface area contributed by atoms with Crippen molar-refractivity contribution in [2.24, 2.45) is 10.8 Å². The Balaban J connectivity index is 1.67. The number of ether oxygens (including phenoxy) is 2. The highest BCUT2D eigenvalue weighted by Gasteiger charge is 2.56. The Kier molecular flexibility index (Phi) is 6.06. The zero-order valence-corrected chi connectivity index (χ0v) is 20.5. The number of imide groups is 1. The molecule has 180 valence electrons. The number of hydrogen-bond donors (Lipinski definition) is 0. The fourth-order valence-electron chi connectivity index (χ4n) is 6.71. The van der Waals surface area contributed by atoms with Crippen molar-refractivity contribution in [2.75, 3.05) is 33.9 Å². The van der Waals surface area contributed by atoms with Crippen LogP contribution in [0.4, 0.5) is 0 Å². The van der Waals surface area contributed by atoms with Gasteiger partial charge in [0.15, 0.2) is 0 Å². The maximum atomic E-state index is 13.8. The van der Waals surface area contributed by atoms with Gasteiger partial charge in [0.2, 0.25) is 17.7 Å². The summed E-state index contributed by atoms with van der Waals surface area (Å²) in [6.07, 6.45) is 3.02. The monoisotopic (exact) mass is 456 g/mol. The van der Waals surface area contributed by atoms with E-state index in [1.54, 1.807) is 19.2 Å². The molecule has 1 aliphatic carbocycles. The van der Waals surface area contributed by atoms with Crippen LogP contribution in [0.3, 0.4) is 0 Å². The molecule has 1 aromatic rings. The van der Waals surface area contributed by atoms with Crippen LogP contribution in [0.5, 0.6) is 5.75 Å². The summed E-state index contributed by atoms with van der Waals surface area (Å²) in [5.41, 5.74) is -0.274. The molecule has 4 rings (SSSR count). The van der Waals surface area contributed by atoms with Crippen LogP contribution >= 0.6 is 0 Å². The fourth-order valence-corrected chi connectivity index (χ4v) is 6.71. The largest absolute Gasteiger partial charge is 0.497 e. The molecule has 7 nitrogen and oxygen atoms in total. The number of carbonyl (C=O) groups is 3. The maximum Gasteiger partial charge on any atom is 0.240 e. The van der Waals surface area contributed by atoms with Crippen molar-refractivity contribution in [1.82, 2.24) is 9.80 Å². The highest BCUT2D eigenvalue weighted by molar-refractivity contribution is 6.10. The summed E-state index contributed by atoms with van der Waals surface area (Å²) in [7, 11) is 3.10. The van der Waals surface area contributed by atoms with Crippen LogP contribution in [0.2, 0.25) is 0 Å². The number of rotatable bonds is 7. The van der Waals surface area contributed by atoms with E-state index >= 15 is 0 Å². The lowest BCUT2D eigenvalue weighted by Gasteiger charge is -2.39. The molecule has 3 fully saturated rings. The van der Waals surface area contributed by atoms with Crippen LogP contribution in [0.1, 0.15) is 58.4 Å². The summed E-state index contributed by atoms with van der Waals surface area (Å²) in [5.74, 6) is -0.0269. The lowest BCUT2D eigenvalue weighted by Crippen LogP contribution is -2.45. The normalized spacial score (nSPS) is 30.8. The predicted octanol–water partition coefficient (Wildman–Crippen LogP) is 3.16. The molecule has 3 atom stereocenters. The molecule has 33 heavy (non-hydrogen) atoms. The molecule has 2 bridgehead atoms. The Morgan fingerprint density at radius 3 is 2.61 bits per heavy atom. The van der Waals surface area contributed by atoms with Gasteiger partial charge in [-0.2, -0.15) is 0 Å². The van der Waals surface area contributed by atoms with E-state index < -0.39 is 5.41 Å². The summed E-state index contributed by atoms with van der Waals surface area (Å²) in [5, 5.41) is 0. The fraction of sp³-hybridized carbons (Fsp3) is 0.654. The average molecular weight is 457 g/mol. The van der Waals surface area contributed by atoms with Gasteiger partial charge in [0.1, 0.15) is 5.75 Å². The van der Waals surface area contributed by atoms with E-state index in [4.69, 9.17) is 9.47 Å². The van der Waals surface area contributed by atoms with Crippen molar-refractivity contribution in [3.8, 4) is 5.75 Å². The summed E-state index contributed by atoms with van der Waals surface area (Å²) >= 11 is 0. The van der Waals surface area contributed by atoms with Crippen molar-refractivity contribution in [3.05, 3.63) is 29.8 Å². The number of likely N-dealkylation sites (tertiary alicyclic amines) is 2. The molecule has 1 aromatic carbocycles. The first kappa shape index (κ1) is 23.7. The maximum absolute atomic E-state index is 13.8. The van der Waals surface area contributed by atoms with Gasteiger partial charge in [-0.05, 0) is 47.8 Å². The first-order valence-corrected chi connectivity index (χ1v) is 11.8. The van der Waals surface area contributed by atoms with E-state index in [2.05, 4.69) is 20.8 Å². The summed E-state index contributed by atoms with van der Waals surface area (Å²) in [4.78, 5) is 43.7. The zero-order valence-electron chi connectivity index (χ0n) is 20.5. The second kappa shape index (κ2) is 8.42. The molecule has 0 spiro atoms. The summed E-state index contributed by atoms with van der Waals surface area (Å²) in [6, 6.07) is 7.40. The van der Waals surface area contributed by atoms with Crippen LogP contribution in [0, 0.1) is 10.8 Å². The van der Waals surface area contributed by atoms with Gasteiger partial charge < -0.3 is 14.4 Å². The van der Waals surface area contributed by atoms with Gasteiger partial charge in [0, 0.05) is 32.5 Å². The molecular weight excluding hydrogens is 420 g/mol. The Morgan fingerprint density at radius 2 is 1.91 bits per heavy atom. The Hall–Kier alpha value is -2.41. The molecule has 3 aliphatic rings. The standard InChI is InChI=1S/C26H36N2O5/c1-24(2)12-19-13-25(3,16-24)17-28(19)22(30)15-26(18-7-6-8-20(11-18)33-5)14-21(29)27(23(26)31)9-10-32-4/h6-8,11,19H,9-10,12-17H2,1-5H3/t19-,25-,26-/m0/s1. The van der Waals surface area contributed by atoms with Gasteiger partial charge in [-0.25, -0.2) is 0 Å². The first-order valence-electron chi connectivity index (χ1n) is 11.8.